The maximum atomic E-state index is 13.3. The number of carbonyl (C=O) groups is 2. The van der Waals surface area contributed by atoms with E-state index < -0.39 is 22.8 Å². The van der Waals surface area contributed by atoms with Crippen molar-refractivity contribution in [3.8, 4) is 11.1 Å². The minimum Gasteiger partial charge on any atom is -0.480 e. The molecule has 0 amide bonds. The largest absolute Gasteiger partial charge is 0.480 e. The number of nitrogens with one attached hydrogen (secondary N) is 2. The Morgan fingerprint density at radius 1 is 0.646 bits per heavy atom. The average Bonchev–Trinajstić information content (AvgIpc) is 3.11. The van der Waals surface area contributed by atoms with Crippen molar-refractivity contribution in [3.05, 3.63) is 129 Å². The highest BCUT2D eigenvalue weighted by molar-refractivity contribution is 6.50. The van der Waals surface area contributed by atoms with Crippen molar-refractivity contribution in [1.82, 2.24) is 0 Å². The number of benzene rings is 4. The number of carboxylic acid groups (broad SMARTS) is 2. The van der Waals surface area contributed by atoms with Crippen LogP contribution in [-0.4, -0.2) is 45.0 Å². The van der Waals surface area contributed by atoms with E-state index in [-0.39, 0.29) is 35.7 Å². The molecule has 4 aromatic carbocycles. The summed E-state index contributed by atoms with van der Waals surface area (Å²) in [6, 6.07) is 25.5. The quantitative estimate of drug-likeness (QED) is 0.115. The monoisotopic (exact) mass is 640 g/mol. The molecule has 2 unspecified atom stereocenters. The first-order valence-electron chi connectivity index (χ1n) is 15.7. The van der Waals surface area contributed by atoms with E-state index in [4.69, 9.17) is 22.5 Å². The lowest BCUT2D eigenvalue weighted by Crippen LogP contribution is -2.46. The predicted octanol–water partition coefficient (Wildman–Crippen LogP) is 5.39. The summed E-state index contributed by atoms with van der Waals surface area (Å²) in [6.07, 6.45) is 0.968. The Labute approximate surface area is 277 Å². The zero-order chi connectivity index (χ0) is 34.4. The summed E-state index contributed by atoms with van der Waals surface area (Å²) >= 11 is 0. The summed E-state index contributed by atoms with van der Waals surface area (Å²) in [4.78, 5) is 26.6. The molecular weight excluding hydrogens is 604 g/mol. The SMILES string of the molecule is CCc1cc(-c2ccc(C3(C(=O)O)CC(=NN)C(=N)c4ccccc43)c(CC)c2)ccc1C1(C(=O)O)CC(=NN)C(=N)c2ccccc21. The molecule has 0 fully saturated rings. The molecule has 0 spiro atoms. The fourth-order valence-electron chi connectivity index (χ4n) is 7.60. The van der Waals surface area contributed by atoms with Crippen LogP contribution in [0.2, 0.25) is 0 Å². The van der Waals surface area contributed by atoms with Gasteiger partial charge < -0.3 is 21.9 Å². The highest BCUT2D eigenvalue weighted by atomic mass is 16.4. The Hall–Kier alpha value is -5.90. The van der Waals surface area contributed by atoms with E-state index in [1.807, 2.05) is 50.2 Å². The van der Waals surface area contributed by atoms with Crippen LogP contribution in [0.1, 0.15) is 71.2 Å². The summed E-state index contributed by atoms with van der Waals surface area (Å²) in [5.74, 6) is 9.27. The van der Waals surface area contributed by atoms with Gasteiger partial charge >= 0.3 is 11.9 Å². The van der Waals surface area contributed by atoms with E-state index in [1.165, 1.54) is 0 Å². The second kappa shape index (κ2) is 12.0. The Balaban J connectivity index is 1.51. The highest BCUT2D eigenvalue weighted by Crippen LogP contribution is 2.46. The molecule has 6 rings (SSSR count). The fraction of sp³-hybridized carbons (Fsp3) is 0.211. The maximum absolute atomic E-state index is 13.3. The van der Waals surface area contributed by atoms with Gasteiger partial charge in [0.1, 0.15) is 10.8 Å². The Bertz CT molecular complexity index is 1950. The van der Waals surface area contributed by atoms with Gasteiger partial charge in [-0.1, -0.05) is 98.8 Å². The summed E-state index contributed by atoms with van der Waals surface area (Å²) in [7, 11) is 0. The Kier molecular flexibility index (Phi) is 8.04. The lowest BCUT2D eigenvalue weighted by Gasteiger charge is -2.38. The number of aryl methyl sites for hydroxylation is 2. The normalized spacial score (nSPS) is 22.0. The van der Waals surface area contributed by atoms with Crippen LogP contribution >= 0.6 is 0 Å². The number of hydrogen-bond donors (Lipinski definition) is 6. The van der Waals surface area contributed by atoms with Gasteiger partial charge in [-0.25, -0.2) is 0 Å². The molecule has 2 aliphatic rings. The van der Waals surface area contributed by atoms with Crippen LogP contribution in [0.3, 0.4) is 0 Å². The van der Waals surface area contributed by atoms with Crippen molar-refractivity contribution in [2.75, 3.05) is 0 Å². The molecule has 10 heteroatoms. The minimum atomic E-state index is -1.50. The van der Waals surface area contributed by atoms with Gasteiger partial charge in [-0.2, -0.15) is 10.2 Å². The van der Waals surface area contributed by atoms with Crippen molar-refractivity contribution in [2.45, 2.75) is 50.4 Å². The molecule has 48 heavy (non-hydrogen) atoms. The first-order chi connectivity index (χ1) is 23.1. The molecular formula is C38H36N6O4. The van der Waals surface area contributed by atoms with Gasteiger partial charge in [0, 0.05) is 24.0 Å². The van der Waals surface area contributed by atoms with Gasteiger partial charge in [0.05, 0.1) is 22.8 Å². The first-order valence-corrected chi connectivity index (χ1v) is 15.7. The number of rotatable bonds is 7. The lowest BCUT2D eigenvalue weighted by atomic mass is 9.63. The molecule has 0 bridgehead atoms. The maximum Gasteiger partial charge on any atom is 0.319 e. The van der Waals surface area contributed by atoms with Crippen LogP contribution < -0.4 is 11.7 Å². The van der Waals surface area contributed by atoms with Crippen molar-refractivity contribution in [3.63, 3.8) is 0 Å². The summed E-state index contributed by atoms with van der Waals surface area (Å²) in [5.41, 5.74) is 4.25. The molecule has 0 radical (unpaired) electrons. The number of hydrogen-bond acceptors (Lipinski definition) is 8. The summed E-state index contributed by atoms with van der Waals surface area (Å²) < 4.78 is 0. The third kappa shape index (κ3) is 4.55. The van der Waals surface area contributed by atoms with E-state index in [1.54, 1.807) is 48.5 Å². The third-order valence-corrected chi connectivity index (χ3v) is 10.0. The lowest BCUT2D eigenvalue weighted by molar-refractivity contribution is -0.143. The number of nitrogens with two attached hydrogens (primary N) is 2. The zero-order valence-corrected chi connectivity index (χ0v) is 26.7. The van der Waals surface area contributed by atoms with Crippen LogP contribution in [-0.2, 0) is 33.3 Å². The van der Waals surface area contributed by atoms with Crippen LogP contribution in [0.15, 0.2) is 95.1 Å². The molecule has 0 aliphatic heterocycles. The van der Waals surface area contributed by atoms with Gasteiger partial charge in [-0.3, -0.25) is 20.4 Å². The molecule has 2 aliphatic carbocycles. The van der Waals surface area contributed by atoms with Crippen molar-refractivity contribution in [1.29, 1.82) is 10.8 Å². The molecule has 4 aromatic rings. The zero-order valence-electron chi connectivity index (χ0n) is 26.7. The van der Waals surface area contributed by atoms with Crippen molar-refractivity contribution in [2.24, 2.45) is 21.9 Å². The van der Waals surface area contributed by atoms with E-state index in [0.29, 0.717) is 46.2 Å². The number of aliphatic carboxylic acids is 2. The van der Waals surface area contributed by atoms with Gasteiger partial charge in [-0.05, 0) is 57.3 Å². The molecule has 10 nitrogen and oxygen atoms in total. The summed E-state index contributed by atoms with van der Waals surface area (Å²) in [5, 5.41) is 46.6. The third-order valence-electron chi connectivity index (χ3n) is 10.0. The van der Waals surface area contributed by atoms with E-state index in [2.05, 4.69) is 10.2 Å². The van der Waals surface area contributed by atoms with Gasteiger partial charge in [-0.15, -0.1) is 0 Å². The first kappa shape index (κ1) is 32.1. The molecule has 2 atom stereocenters. The standard InChI is InChI=1S/C38H36N6O4/c1-3-21-17-23(13-15-27(21)37(35(45)46)19-31(43-41)33(39)25-9-5-7-11-29(25)37)24-14-16-28(22(4-2)18-24)38(36(47)48)20-32(44-42)34(40)26-10-6-8-12-30(26)38/h5-18,39-40H,3-4,19-20,41-42H2,1-2H3,(H,45,46)(H,47,48). The molecule has 242 valence electrons. The Morgan fingerprint density at radius 3 is 1.35 bits per heavy atom. The van der Waals surface area contributed by atoms with Crippen molar-refractivity contribution < 1.29 is 19.8 Å². The van der Waals surface area contributed by atoms with Gasteiger partial charge in [0.25, 0.3) is 0 Å². The second-order valence-corrected chi connectivity index (χ2v) is 12.2. The predicted molar refractivity (Wildman–Crippen MR) is 186 cm³/mol. The highest BCUT2D eigenvalue weighted by Gasteiger charge is 2.51. The molecule has 8 N–H and O–H groups in total. The molecule has 0 heterocycles. The van der Waals surface area contributed by atoms with Gasteiger partial charge in [0.2, 0.25) is 0 Å². The minimum absolute atomic E-state index is 0.0555. The average molecular weight is 641 g/mol. The number of carboxylic acids is 2. The number of fused-ring (bicyclic) bond motifs is 2. The Morgan fingerprint density at radius 2 is 1.02 bits per heavy atom. The van der Waals surface area contributed by atoms with Crippen LogP contribution in [0.4, 0.5) is 0 Å². The molecule has 0 saturated carbocycles. The second-order valence-electron chi connectivity index (χ2n) is 12.2. The smallest absolute Gasteiger partial charge is 0.319 e. The van der Waals surface area contributed by atoms with Crippen LogP contribution in [0.5, 0.6) is 0 Å². The summed E-state index contributed by atoms with van der Waals surface area (Å²) in [6.45, 7) is 3.94. The van der Waals surface area contributed by atoms with Crippen LogP contribution in [0, 0.1) is 10.8 Å². The van der Waals surface area contributed by atoms with E-state index in [0.717, 1.165) is 22.3 Å². The topological polar surface area (TPSA) is 199 Å². The van der Waals surface area contributed by atoms with E-state index >= 15 is 0 Å². The van der Waals surface area contributed by atoms with Gasteiger partial charge in [0.15, 0.2) is 0 Å². The van der Waals surface area contributed by atoms with Crippen LogP contribution in [0.25, 0.3) is 11.1 Å². The van der Waals surface area contributed by atoms with E-state index in [9.17, 15) is 19.8 Å². The fourth-order valence-corrected chi connectivity index (χ4v) is 7.60. The number of nitrogens with zero attached hydrogens (tertiary/aromatic N) is 2. The molecule has 0 aromatic heterocycles. The number of hydrazone groups is 2. The molecule has 0 saturated heterocycles. The van der Waals surface area contributed by atoms with Crippen molar-refractivity contribution >= 4 is 34.8 Å².